The third-order valence-electron chi connectivity index (χ3n) is 5.48. The summed E-state index contributed by atoms with van der Waals surface area (Å²) >= 11 is 0. The van der Waals surface area contributed by atoms with Crippen LogP contribution in [0.1, 0.15) is 39.5 Å². The van der Waals surface area contributed by atoms with Gasteiger partial charge < -0.3 is 10.0 Å². The van der Waals surface area contributed by atoms with Crippen LogP contribution >= 0.6 is 0 Å². The van der Waals surface area contributed by atoms with Gasteiger partial charge in [-0.2, -0.15) is 0 Å². The summed E-state index contributed by atoms with van der Waals surface area (Å²) in [6.07, 6.45) is 8.12. The van der Waals surface area contributed by atoms with Crippen LogP contribution in [-0.2, 0) is 9.59 Å². The molecule has 110 valence electrons. The van der Waals surface area contributed by atoms with Crippen molar-refractivity contribution in [3.8, 4) is 0 Å². The predicted molar refractivity (Wildman–Crippen MR) is 75.0 cm³/mol. The lowest BCUT2D eigenvalue weighted by Gasteiger charge is -2.42. The fourth-order valence-corrected chi connectivity index (χ4v) is 4.52. The molecule has 0 aromatic carbocycles. The van der Waals surface area contributed by atoms with Crippen molar-refractivity contribution in [2.45, 2.75) is 51.6 Å². The van der Waals surface area contributed by atoms with Crippen LogP contribution in [0.15, 0.2) is 12.2 Å². The molecule has 2 fully saturated rings. The maximum Gasteiger partial charge on any atom is 0.307 e. The summed E-state index contributed by atoms with van der Waals surface area (Å²) < 4.78 is 0. The van der Waals surface area contributed by atoms with E-state index < -0.39 is 11.9 Å². The van der Waals surface area contributed by atoms with Crippen molar-refractivity contribution < 1.29 is 14.7 Å². The largest absolute Gasteiger partial charge is 0.481 e. The molecule has 1 saturated carbocycles. The molecule has 20 heavy (non-hydrogen) atoms. The zero-order valence-corrected chi connectivity index (χ0v) is 12.2. The number of rotatable bonds is 2. The second kappa shape index (κ2) is 4.90. The number of fused-ring (bicyclic) bond motifs is 2. The number of allylic oxidation sites excluding steroid dienone is 2. The van der Waals surface area contributed by atoms with Gasteiger partial charge >= 0.3 is 5.97 Å². The van der Waals surface area contributed by atoms with Crippen molar-refractivity contribution in [3.63, 3.8) is 0 Å². The fourth-order valence-electron chi connectivity index (χ4n) is 4.52. The molecular weight excluding hydrogens is 254 g/mol. The normalized spacial score (nSPS) is 43.0. The molecule has 0 spiro atoms. The lowest BCUT2D eigenvalue weighted by molar-refractivity contribution is -0.154. The van der Waals surface area contributed by atoms with Gasteiger partial charge in [-0.05, 0) is 51.4 Å². The van der Waals surface area contributed by atoms with Crippen LogP contribution in [-0.4, -0.2) is 34.0 Å². The van der Waals surface area contributed by atoms with Crippen molar-refractivity contribution in [2.24, 2.45) is 23.7 Å². The smallest absolute Gasteiger partial charge is 0.307 e. The van der Waals surface area contributed by atoms with Crippen LogP contribution < -0.4 is 0 Å². The molecule has 0 aromatic heterocycles. The van der Waals surface area contributed by atoms with Gasteiger partial charge in [0.05, 0.1) is 11.8 Å². The lowest BCUT2D eigenvalue weighted by atomic mass is 9.81. The minimum Gasteiger partial charge on any atom is -0.481 e. The Bertz CT molecular complexity index is 449. The van der Waals surface area contributed by atoms with Crippen molar-refractivity contribution >= 4 is 11.9 Å². The van der Waals surface area contributed by atoms with Gasteiger partial charge in [-0.1, -0.05) is 12.2 Å². The molecule has 2 aliphatic carbocycles. The van der Waals surface area contributed by atoms with Gasteiger partial charge in [0.1, 0.15) is 0 Å². The third kappa shape index (κ3) is 1.97. The third-order valence-corrected chi connectivity index (χ3v) is 5.48. The summed E-state index contributed by atoms with van der Waals surface area (Å²) in [4.78, 5) is 26.5. The summed E-state index contributed by atoms with van der Waals surface area (Å²) in [7, 11) is 0. The fraction of sp³-hybridized carbons (Fsp3) is 0.750. The molecule has 3 rings (SSSR count). The topological polar surface area (TPSA) is 57.6 Å². The molecule has 1 heterocycles. The van der Waals surface area contributed by atoms with Gasteiger partial charge in [-0.3, -0.25) is 9.59 Å². The lowest BCUT2D eigenvalue weighted by Crippen LogP contribution is -2.52. The van der Waals surface area contributed by atoms with Crippen LogP contribution in [0.25, 0.3) is 0 Å². The summed E-state index contributed by atoms with van der Waals surface area (Å²) in [6.45, 7) is 4.18. The molecule has 3 aliphatic rings. The van der Waals surface area contributed by atoms with Gasteiger partial charge in [0.15, 0.2) is 0 Å². The molecule has 0 aromatic rings. The standard InChI is InChI=1S/C16H23NO3/c1-9-4-3-5-10(2)17(9)15(18)13-11-6-7-12(8-11)14(13)16(19)20/h6-7,9-14H,3-5,8H2,1-2H3,(H,19,20)/t9-,10+,11-,12-,13-,14-/m0/s1. The number of nitrogens with zero attached hydrogens (tertiary/aromatic N) is 1. The molecule has 2 bridgehead atoms. The number of likely N-dealkylation sites (tertiary alicyclic amines) is 1. The second-order valence-electron chi connectivity index (χ2n) is 6.71. The summed E-state index contributed by atoms with van der Waals surface area (Å²) in [5.41, 5.74) is 0. The average molecular weight is 277 g/mol. The van der Waals surface area contributed by atoms with E-state index in [0.29, 0.717) is 0 Å². The van der Waals surface area contributed by atoms with E-state index >= 15 is 0 Å². The SMILES string of the molecule is C[C@@H]1CCC[C@H](C)N1C(=O)[C@@H]1[C@@H](C(=O)O)[C@H]2C=C[C@H]1C2. The van der Waals surface area contributed by atoms with Gasteiger partial charge in [-0.15, -0.1) is 0 Å². The Labute approximate surface area is 119 Å². The maximum absolute atomic E-state index is 13.0. The van der Waals surface area contributed by atoms with Crippen LogP contribution in [0, 0.1) is 23.7 Å². The molecule has 4 nitrogen and oxygen atoms in total. The Kier molecular flexibility index (Phi) is 3.35. The Morgan fingerprint density at radius 1 is 1.05 bits per heavy atom. The minimum absolute atomic E-state index is 0.0573. The van der Waals surface area contributed by atoms with Crippen molar-refractivity contribution in [1.82, 2.24) is 4.90 Å². The Hall–Kier alpha value is -1.32. The molecular formula is C16H23NO3. The van der Waals surface area contributed by atoms with E-state index in [2.05, 4.69) is 19.9 Å². The Balaban J connectivity index is 1.86. The van der Waals surface area contributed by atoms with E-state index in [9.17, 15) is 14.7 Å². The first-order valence-electron chi connectivity index (χ1n) is 7.74. The highest BCUT2D eigenvalue weighted by molar-refractivity contribution is 5.87. The number of carbonyl (C=O) groups excluding carboxylic acids is 1. The van der Waals surface area contributed by atoms with E-state index in [1.165, 1.54) is 0 Å². The van der Waals surface area contributed by atoms with Gasteiger partial charge in [0, 0.05) is 12.1 Å². The highest BCUT2D eigenvalue weighted by Gasteiger charge is 2.53. The number of hydrogen-bond donors (Lipinski definition) is 1. The zero-order chi connectivity index (χ0) is 14.4. The number of aliphatic carboxylic acids is 1. The van der Waals surface area contributed by atoms with Crippen molar-refractivity contribution in [3.05, 3.63) is 12.2 Å². The molecule has 1 saturated heterocycles. The average Bonchev–Trinajstić information content (AvgIpc) is 2.98. The number of carboxylic acids is 1. The van der Waals surface area contributed by atoms with Crippen molar-refractivity contribution in [2.75, 3.05) is 0 Å². The molecule has 0 radical (unpaired) electrons. The number of piperidine rings is 1. The highest BCUT2D eigenvalue weighted by atomic mass is 16.4. The number of carboxylic acid groups (broad SMARTS) is 1. The highest BCUT2D eigenvalue weighted by Crippen LogP contribution is 2.49. The summed E-state index contributed by atoms with van der Waals surface area (Å²) in [6, 6.07) is 0.479. The van der Waals surface area contributed by atoms with E-state index in [1.807, 2.05) is 11.0 Å². The Morgan fingerprint density at radius 3 is 2.15 bits per heavy atom. The number of hydrogen-bond acceptors (Lipinski definition) is 2. The van der Waals surface area contributed by atoms with E-state index in [0.717, 1.165) is 25.7 Å². The molecule has 0 unspecified atom stereocenters. The number of amides is 1. The Morgan fingerprint density at radius 2 is 1.60 bits per heavy atom. The molecule has 1 aliphatic heterocycles. The van der Waals surface area contributed by atoms with Crippen LogP contribution in [0.3, 0.4) is 0 Å². The summed E-state index contributed by atoms with van der Waals surface area (Å²) in [5.74, 6) is -1.40. The maximum atomic E-state index is 13.0. The molecule has 1 N–H and O–H groups in total. The van der Waals surface area contributed by atoms with Crippen LogP contribution in [0.2, 0.25) is 0 Å². The van der Waals surface area contributed by atoms with E-state index in [4.69, 9.17) is 0 Å². The first-order valence-corrected chi connectivity index (χ1v) is 7.74. The summed E-state index contributed by atoms with van der Waals surface area (Å²) in [5, 5.41) is 9.48. The van der Waals surface area contributed by atoms with Gasteiger partial charge in [0.2, 0.25) is 5.91 Å². The van der Waals surface area contributed by atoms with Crippen molar-refractivity contribution in [1.29, 1.82) is 0 Å². The zero-order valence-electron chi connectivity index (χ0n) is 12.2. The first kappa shape index (κ1) is 13.7. The first-order chi connectivity index (χ1) is 9.50. The van der Waals surface area contributed by atoms with Gasteiger partial charge in [0.25, 0.3) is 0 Å². The second-order valence-corrected chi connectivity index (χ2v) is 6.71. The minimum atomic E-state index is -0.808. The van der Waals surface area contributed by atoms with Crippen LogP contribution in [0.4, 0.5) is 0 Å². The van der Waals surface area contributed by atoms with E-state index in [1.54, 1.807) is 0 Å². The molecule has 4 heteroatoms. The van der Waals surface area contributed by atoms with Crippen LogP contribution in [0.5, 0.6) is 0 Å². The monoisotopic (exact) mass is 277 g/mol. The molecule has 6 atom stereocenters. The van der Waals surface area contributed by atoms with E-state index in [-0.39, 0.29) is 35.7 Å². The quantitative estimate of drug-likeness (QED) is 0.788. The predicted octanol–water partition coefficient (Wildman–Crippen LogP) is 2.30. The van der Waals surface area contributed by atoms with Gasteiger partial charge in [-0.25, -0.2) is 0 Å². The number of carbonyl (C=O) groups is 2. The molecule has 1 amide bonds.